The van der Waals surface area contributed by atoms with Crippen molar-refractivity contribution in [3.63, 3.8) is 0 Å². The summed E-state index contributed by atoms with van der Waals surface area (Å²) in [5.74, 6) is 0.871. The number of carbonyl (C=O) groups excluding carboxylic acids is 1. The Morgan fingerprint density at radius 2 is 1.88 bits per heavy atom. The van der Waals surface area contributed by atoms with Crippen LogP contribution >= 0.6 is 12.2 Å². The predicted molar refractivity (Wildman–Crippen MR) is 72.7 cm³/mol. The lowest BCUT2D eigenvalue weighted by Gasteiger charge is -2.27. The highest BCUT2D eigenvalue weighted by Crippen LogP contribution is 2.28. The summed E-state index contributed by atoms with van der Waals surface area (Å²) in [6.07, 6.45) is 9.05. The number of likely N-dealkylation sites (tertiary alicyclic amines) is 1. The lowest BCUT2D eigenvalue weighted by molar-refractivity contribution is -0.132. The number of nitrogens with zero attached hydrogens (tertiary/aromatic N) is 1. The molecule has 2 aliphatic rings. The average molecular weight is 254 g/mol. The molecule has 0 spiro atoms. The summed E-state index contributed by atoms with van der Waals surface area (Å²) < 4.78 is 0. The lowest BCUT2D eigenvalue weighted by Crippen LogP contribution is -2.43. The smallest absolute Gasteiger partial charge is 0.223 e. The first-order valence-electron chi connectivity index (χ1n) is 6.77. The van der Waals surface area contributed by atoms with Crippen LogP contribution in [0.25, 0.3) is 0 Å². The monoisotopic (exact) mass is 254 g/mol. The Labute approximate surface area is 109 Å². The maximum atomic E-state index is 12.2. The quantitative estimate of drug-likeness (QED) is 0.786. The van der Waals surface area contributed by atoms with Crippen LogP contribution in [0.5, 0.6) is 0 Å². The third-order valence-electron chi connectivity index (χ3n) is 4.09. The van der Waals surface area contributed by atoms with E-state index >= 15 is 0 Å². The topological polar surface area (TPSA) is 46.3 Å². The van der Waals surface area contributed by atoms with Crippen molar-refractivity contribution >= 4 is 23.1 Å². The van der Waals surface area contributed by atoms with E-state index in [-0.39, 0.29) is 11.9 Å². The molecule has 1 amide bonds. The molecule has 96 valence electrons. The number of hydrogen-bond acceptors (Lipinski definition) is 2. The van der Waals surface area contributed by atoms with E-state index in [9.17, 15) is 4.79 Å². The Hall–Kier alpha value is -0.640. The zero-order chi connectivity index (χ0) is 12.3. The fraction of sp³-hybridized carbons (Fsp3) is 0.846. The van der Waals surface area contributed by atoms with Crippen molar-refractivity contribution in [2.45, 2.75) is 57.4 Å². The molecule has 1 aliphatic heterocycles. The van der Waals surface area contributed by atoms with Crippen molar-refractivity contribution in [1.29, 1.82) is 0 Å². The van der Waals surface area contributed by atoms with Crippen molar-refractivity contribution < 1.29 is 4.79 Å². The van der Waals surface area contributed by atoms with Gasteiger partial charge in [-0.1, -0.05) is 31.5 Å². The van der Waals surface area contributed by atoms with Crippen LogP contribution in [0, 0.1) is 5.92 Å². The molecule has 1 aliphatic carbocycles. The first-order valence-corrected chi connectivity index (χ1v) is 7.18. The number of rotatable bonds is 3. The molecular formula is C13H22N2OS. The minimum Gasteiger partial charge on any atom is -0.392 e. The van der Waals surface area contributed by atoms with Gasteiger partial charge in [-0.15, -0.1) is 0 Å². The molecule has 0 aromatic heterocycles. The second-order valence-corrected chi connectivity index (χ2v) is 5.83. The molecule has 0 aromatic carbocycles. The molecule has 1 saturated carbocycles. The summed E-state index contributed by atoms with van der Waals surface area (Å²) in [7, 11) is 0. The van der Waals surface area contributed by atoms with E-state index < -0.39 is 0 Å². The minimum absolute atomic E-state index is 0.0288. The van der Waals surface area contributed by atoms with Crippen LogP contribution in [0.4, 0.5) is 0 Å². The van der Waals surface area contributed by atoms with Crippen LogP contribution in [0.1, 0.15) is 51.4 Å². The van der Waals surface area contributed by atoms with Gasteiger partial charge in [0.15, 0.2) is 0 Å². The lowest BCUT2D eigenvalue weighted by atomic mass is 9.86. The van der Waals surface area contributed by atoms with Gasteiger partial charge >= 0.3 is 0 Å². The van der Waals surface area contributed by atoms with E-state index in [1.165, 1.54) is 32.1 Å². The van der Waals surface area contributed by atoms with Crippen LogP contribution in [0.2, 0.25) is 0 Å². The van der Waals surface area contributed by atoms with E-state index in [4.69, 9.17) is 18.0 Å². The zero-order valence-corrected chi connectivity index (χ0v) is 11.2. The van der Waals surface area contributed by atoms with E-state index in [0.717, 1.165) is 19.4 Å². The van der Waals surface area contributed by atoms with Gasteiger partial charge in [-0.2, -0.15) is 0 Å². The van der Waals surface area contributed by atoms with E-state index in [1.54, 1.807) is 0 Å². The summed E-state index contributed by atoms with van der Waals surface area (Å²) in [5, 5.41) is 0. The van der Waals surface area contributed by atoms with Crippen molar-refractivity contribution in [1.82, 2.24) is 4.90 Å². The molecule has 0 radical (unpaired) electrons. The SMILES string of the molecule is NC(=S)C1CCCN1C(=O)CC1CCCCC1. The molecule has 1 heterocycles. The number of amides is 1. The molecule has 17 heavy (non-hydrogen) atoms. The van der Waals surface area contributed by atoms with Crippen molar-refractivity contribution in [2.24, 2.45) is 11.7 Å². The number of nitrogens with two attached hydrogens (primary N) is 1. The van der Waals surface area contributed by atoms with Crippen LogP contribution in [-0.2, 0) is 4.79 Å². The summed E-state index contributed by atoms with van der Waals surface area (Å²) in [5.41, 5.74) is 5.70. The summed E-state index contributed by atoms with van der Waals surface area (Å²) in [4.78, 5) is 14.6. The van der Waals surface area contributed by atoms with Crippen LogP contribution in [0.3, 0.4) is 0 Å². The van der Waals surface area contributed by atoms with Gasteiger partial charge in [0.25, 0.3) is 0 Å². The van der Waals surface area contributed by atoms with Crippen molar-refractivity contribution in [2.75, 3.05) is 6.54 Å². The summed E-state index contributed by atoms with van der Waals surface area (Å²) >= 11 is 5.04. The van der Waals surface area contributed by atoms with Gasteiger partial charge in [0.2, 0.25) is 5.91 Å². The van der Waals surface area contributed by atoms with Gasteiger partial charge in [0.1, 0.15) is 0 Å². The molecule has 4 heteroatoms. The van der Waals surface area contributed by atoms with Gasteiger partial charge in [-0.25, -0.2) is 0 Å². The van der Waals surface area contributed by atoms with Crippen molar-refractivity contribution in [3.8, 4) is 0 Å². The molecule has 2 rings (SSSR count). The first kappa shape index (κ1) is 12.8. The number of carbonyl (C=O) groups is 1. The highest BCUT2D eigenvalue weighted by molar-refractivity contribution is 7.80. The molecule has 2 N–H and O–H groups in total. The number of hydrogen-bond donors (Lipinski definition) is 1. The molecule has 1 atom stereocenters. The Morgan fingerprint density at radius 1 is 1.18 bits per heavy atom. The maximum Gasteiger partial charge on any atom is 0.223 e. The Morgan fingerprint density at radius 3 is 2.53 bits per heavy atom. The minimum atomic E-state index is 0.0288. The first-order chi connectivity index (χ1) is 8.18. The molecular weight excluding hydrogens is 232 g/mol. The molecule has 0 bridgehead atoms. The molecule has 0 aromatic rings. The van der Waals surface area contributed by atoms with Crippen LogP contribution < -0.4 is 5.73 Å². The Kier molecular flexibility index (Phi) is 4.37. The van der Waals surface area contributed by atoms with E-state index in [1.807, 2.05) is 4.90 Å². The maximum absolute atomic E-state index is 12.2. The molecule has 3 nitrogen and oxygen atoms in total. The van der Waals surface area contributed by atoms with Gasteiger partial charge in [0, 0.05) is 13.0 Å². The molecule has 1 saturated heterocycles. The van der Waals surface area contributed by atoms with Crippen LogP contribution in [-0.4, -0.2) is 28.4 Å². The molecule has 1 unspecified atom stereocenters. The van der Waals surface area contributed by atoms with Gasteiger partial charge in [0.05, 0.1) is 11.0 Å². The second-order valence-electron chi connectivity index (χ2n) is 5.36. The van der Waals surface area contributed by atoms with E-state index in [2.05, 4.69) is 0 Å². The number of thiocarbonyl (C=S) groups is 1. The molecule has 2 fully saturated rings. The normalized spacial score (nSPS) is 26.1. The van der Waals surface area contributed by atoms with Crippen LogP contribution in [0.15, 0.2) is 0 Å². The largest absolute Gasteiger partial charge is 0.392 e. The average Bonchev–Trinajstić information content (AvgIpc) is 2.79. The van der Waals surface area contributed by atoms with Crippen molar-refractivity contribution in [3.05, 3.63) is 0 Å². The second kappa shape index (κ2) is 5.80. The van der Waals surface area contributed by atoms with Gasteiger partial charge in [-0.3, -0.25) is 4.79 Å². The Bertz CT molecular complexity index is 300. The third kappa shape index (κ3) is 3.18. The summed E-state index contributed by atoms with van der Waals surface area (Å²) in [6.45, 7) is 0.841. The standard InChI is InChI=1S/C13H22N2OS/c14-13(17)11-7-4-8-15(11)12(16)9-10-5-2-1-3-6-10/h10-11H,1-9H2,(H2,14,17). The zero-order valence-electron chi connectivity index (χ0n) is 10.4. The predicted octanol–water partition coefficient (Wildman–Crippen LogP) is 2.23. The van der Waals surface area contributed by atoms with Gasteiger partial charge < -0.3 is 10.6 Å². The fourth-order valence-electron chi connectivity index (χ4n) is 3.12. The summed E-state index contributed by atoms with van der Waals surface area (Å²) in [6, 6.07) is 0.0288. The van der Waals surface area contributed by atoms with Gasteiger partial charge in [-0.05, 0) is 31.6 Å². The third-order valence-corrected chi connectivity index (χ3v) is 4.36. The highest BCUT2D eigenvalue weighted by atomic mass is 32.1. The van der Waals surface area contributed by atoms with E-state index in [0.29, 0.717) is 17.3 Å². The Balaban J connectivity index is 1.88. The fourth-order valence-corrected chi connectivity index (χ4v) is 3.36. The highest BCUT2D eigenvalue weighted by Gasteiger charge is 2.31.